The number of anilines is 1. The molecule has 90 valence electrons. The van der Waals surface area contributed by atoms with E-state index in [2.05, 4.69) is 4.98 Å². The van der Waals surface area contributed by atoms with E-state index in [1.165, 1.54) is 6.07 Å². The third-order valence-corrected chi connectivity index (χ3v) is 2.67. The lowest BCUT2D eigenvalue weighted by atomic mass is 10.1. The first-order chi connectivity index (χ1) is 8.00. The number of hydrogen-bond acceptors (Lipinski definition) is 3. The van der Waals surface area contributed by atoms with E-state index in [0.29, 0.717) is 12.1 Å². The van der Waals surface area contributed by atoms with Gasteiger partial charge in [-0.15, -0.1) is 0 Å². The van der Waals surface area contributed by atoms with Gasteiger partial charge < -0.3 is 10.1 Å². The second-order valence-corrected chi connectivity index (χ2v) is 3.99. The van der Waals surface area contributed by atoms with E-state index in [1.54, 1.807) is 6.92 Å². The summed E-state index contributed by atoms with van der Waals surface area (Å²) >= 11 is 0. The molecule has 1 saturated heterocycles. The van der Waals surface area contributed by atoms with Gasteiger partial charge >= 0.3 is 5.97 Å². The Kier molecular flexibility index (Phi) is 2.71. The molecule has 0 saturated carbocycles. The predicted molar refractivity (Wildman–Crippen MR) is 58.8 cm³/mol. The van der Waals surface area contributed by atoms with Crippen LogP contribution >= 0.6 is 0 Å². The topological polar surface area (TPSA) is 90.5 Å². The zero-order valence-corrected chi connectivity index (χ0v) is 9.32. The number of carbonyl (C=O) groups excluding carboxylic acids is 2. The zero-order valence-electron chi connectivity index (χ0n) is 9.32. The Labute approximate surface area is 97.2 Å². The van der Waals surface area contributed by atoms with Crippen molar-refractivity contribution in [3.05, 3.63) is 17.5 Å². The maximum atomic E-state index is 11.7. The molecule has 2 rings (SSSR count). The summed E-state index contributed by atoms with van der Waals surface area (Å²) in [5.41, 5.74) is 0.624. The number of carboxylic acid groups (broad SMARTS) is 1. The van der Waals surface area contributed by atoms with Crippen LogP contribution < -0.4 is 4.90 Å². The van der Waals surface area contributed by atoms with Crippen LogP contribution in [0.4, 0.5) is 5.69 Å². The normalized spacial score (nSPS) is 16.4. The van der Waals surface area contributed by atoms with Crippen molar-refractivity contribution in [3.63, 3.8) is 0 Å². The van der Waals surface area contributed by atoms with Gasteiger partial charge in [0.1, 0.15) is 5.69 Å². The Morgan fingerprint density at radius 3 is 2.47 bits per heavy atom. The van der Waals surface area contributed by atoms with Crippen LogP contribution in [0.15, 0.2) is 6.07 Å². The molecule has 0 aromatic carbocycles. The minimum atomic E-state index is -1.18. The lowest BCUT2D eigenvalue weighted by molar-refractivity contribution is -0.129. The molecule has 17 heavy (non-hydrogen) atoms. The number of aryl methyl sites for hydroxylation is 1. The number of H-pyrrole nitrogens is 1. The van der Waals surface area contributed by atoms with Crippen molar-refractivity contribution in [3.8, 4) is 0 Å². The van der Waals surface area contributed by atoms with Crippen molar-refractivity contribution in [1.29, 1.82) is 0 Å². The fraction of sp³-hybridized carbons (Fsp3) is 0.364. The minimum absolute atomic E-state index is 0.119. The molecule has 0 spiro atoms. The van der Waals surface area contributed by atoms with E-state index in [9.17, 15) is 14.4 Å². The molecular weight excluding hydrogens is 224 g/mol. The van der Waals surface area contributed by atoms with Gasteiger partial charge in [-0.05, 0) is 19.4 Å². The molecular formula is C11H12N2O4. The number of carboxylic acids is 1. The number of hydrogen-bond donors (Lipinski definition) is 2. The van der Waals surface area contributed by atoms with Gasteiger partial charge in [0.15, 0.2) is 0 Å². The maximum Gasteiger partial charge on any atom is 0.354 e. The van der Waals surface area contributed by atoms with E-state index in [0.717, 1.165) is 4.90 Å². The molecule has 2 heterocycles. The van der Waals surface area contributed by atoms with Crippen LogP contribution in [0.2, 0.25) is 0 Å². The quantitative estimate of drug-likeness (QED) is 0.751. The average Bonchev–Trinajstić information content (AvgIpc) is 2.60. The molecule has 1 fully saturated rings. The molecule has 0 unspecified atom stereocenters. The average molecular weight is 236 g/mol. The highest BCUT2D eigenvalue weighted by Gasteiger charge is 2.31. The second-order valence-electron chi connectivity index (χ2n) is 3.99. The van der Waals surface area contributed by atoms with Crippen molar-refractivity contribution < 1.29 is 19.5 Å². The first-order valence-electron chi connectivity index (χ1n) is 5.29. The van der Waals surface area contributed by atoms with Crippen LogP contribution in [0.25, 0.3) is 0 Å². The molecule has 6 nitrogen and oxygen atoms in total. The smallest absolute Gasteiger partial charge is 0.354 e. The number of rotatable bonds is 2. The molecule has 1 aromatic rings. The molecule has 2 N–H and O–H groups in total. The van der Waals surface area contributed by atoms with Crippen LogP contribution in [0, 0.1) is 6.92 Å². The summed E-state index contributed by atoms with van der Waals surface area (Å²) in [5.74, 6) is -1.87. The fourth-order valence-corrected chi connectivity index (χ4v) is 1.94. The number of aromatic amines is 1. The molecule has 1 aliphatic rings. The lowest BCUT2D eigenvalue weighted by Crippen LogP contribution is -2.40. The van der Waals surface area contributed by atoms with Gasteiger partial charge in [0.05, 0.1) is 5.69 Å². The Morgan fingerprint density at radius 1 is 1.35 bits per heavy atom. The number of imide groups is 1. The Bertz CT molecular complexity index is 488. The Balaban J connectivity index is 2.48. The number of carbonyl (C=O) groups is 3. The van der Waals surface area contributed by atoms with Gasteiger partial charge in [-0.2, -0.15) is 0 Å². The molecule has 1 aliphatic heterocycles. The number of aromatic nitrogens is 1. The number of aromatic carboxylic acids is 1. The van der Waals surface area contributed by atoms with Crippen LogP contribution in [0.1, 0.15) is 35.4 Å². The summed E-state index contributed by atoms with van der Waals surface area (Å²) in [6.45, 7) is 1.68. The summed E-state index contributed by atoms with van der Waals surface area (Å²) in [7, 11) is 0. The van der Waals surface area contributed by atoms with Gasteiger partial charge in [-0.3, -0.25) is 9.59 Å². The van der Waals surface area contributed by atoms with Gasteiger partial charge in [0.25, 0.3) is 0 Å². The summed E-state index contributed by atoms with van der Waals surface area (Å²) in [6.07, 6.45) is 1.07. The van der Waals surface area contributed by atoms with Crippen molar-refractivity contribution >= 4 is 23.5 Å². The molecule has 6 heteroatoms. The standard InChI is InChI=1S/C11H12N2O4/c1-6-5-7(10(12-6)11(16)17)13-8(14)3-2-4-9(13)15/h5,12H,2-4H2,1H3,(H,16,17). The van der Waals surface area contributed by atoms with E-state index in [4.69, 9.17) is 5.11 Å². The number of piperidine rings is 1. The maximum absolute atomic E-state index is 11.7. The van der Waals surface area contributed by atoms with E-state index in [-0.39, 0.29) is 36.0 Å². The minimum Gasteiger partial charge on any atom is -0.477 e. The molecule has 0 radical (unpaired) electrons. The molecule has 1 aromatic heterocycles. The van der Waals surface area contributed by atoms with Crippen LogP contribution in [-0.4, -0.2) is 27.9 Å². The van der Waals surface area contributed by atoms with E-state index < -0.39 is 5.97 Å². The summed E-state index contributed by atoms with van der Waals surface area (Å²) in [4.78, 5) is 38.0. The summed E-state index contributed by atoms with van der Waals surface area (Å²) < 4.78 is 0. The fourth-order valence-electron chi connectivity index (χ4n) is 1.94. The largest absolute Gasteiger partial charge is 0.477 e. The highest BCUT2D eigenvalue weighted by Crippen LogP contribution is 2.26. The van der Waals surface area contributed by atoms with Crippen LogP contribution in [-0.2, 0) is 9.59 Å². The monoisotopic (exact) mass is 236 g/mol. The van der Waals surface area contributed by atoms with Crippen LogP contribution in [0.3, 0.4) is 0 Å². The second kappa shape index (κ2) is 4.04. The molecule has 2 amide bonds. The SMILES string of the molecule is Cc1cc(N2C(=O)CCCC2=O)c(C(=O)O)[nH]1. The van der Waals surface area contributed by atoms with Crippen molar-refractivity contribution in [2.75, 3.05) is 4.90 Å². The molecule has 0 atom stereocenters. The predicted octanol–water partition coefficient (Wildman–Crippen LogP) is 1.06. The lowest BCUT2D eigenvalue weighted by Gasteiger charge is -2.24. The first kappa shape index (κ1) is 11.4. The third-order valence-electron chi connectivity index (χ3n) is 2.67. The number of amides is 2. The van der Waals surface area contributed by atoms with E-state index in [1.807, 2.05) is 0 Å². The highest BCUT2D eigenvalue weighted by atomic mass is 16.4. The van der Waals surface area contributed by atoms with Crippen LogP contribution in [0.5, 0.6) is 0 Å². The van der Waals surface area contributed by atoms with Gasteiger partial charge in [0.2, 0.25) is 11.8 Å². The highest BCUT2D eigenvalue weighted by molar-refractivity contribution is 6.18. The van der Waals surface area contributed by atoms with Crippen molar-refractivity contribution in [1.82, 2.24) is 4.98 Å². The Hall–Kier alpha value is -2.11. The zero-order chi connectivity index (χ0) is 12.6. The van der Waals surface area contributed by atoms with Gasteiger partial charge in [-0.25, -0.2) is 9.69 Å². The number of nitrogens with zero attached hydrogens (tertiary/aromatic N) is 1. The summed E-state index contributed by atoms with van der Waals surface area (Å²) in [5, 5.41) is 9.00. The molecule has 0 bridgehead atoms. The third kappa shape index (κ3) is 1.93. The van der Waals surface area contributed by atoms with Crippen molar-refractivity contribution in [2.45, 2.75) is 26.2 Å². The first-order valence-corrected chi connectivity index (χ1v) is 5.29. The molecule has 0 aliphatic carbocycles. The van der Waals surface area contributed by atoms with Crippen molar-refractivity contribution in [2.24, 2.45) is 0 Å². The summed E-state index contributed by atoms with van der Waals surface area (Å²) in [6, 6.07) is 1.50. The Morgan fingerprint density at radius 2 is 1.94 bits per heavy atom. The van der Waals surface area contributed by atoms with Gasteiger partial charge in [-0.1, -0.05) is 0 Å². The van der Waals surface area contributed by atoms with E-state index >= 15 is 0 Å². The van der Waals surface area contributed by atoms with Gasteiger partial charge in [0, 0.05) is 18.5 Å². The number of nitrogens with one attached hydrogen (secondary N) is 1.